The molecule has 0 amide bonds. The van der Waals surface area contributed by atoms with Crippen LogP contribution in [0.1, 0.15) is 0 Å². The van der Waals surface area contributed by atoms with Crippen LogP contribution >= 0.6 is 0 Å². The van der Waals surface area contributed by atoms with E-state index in [1.165, 1.54) is 48.6 Å². The Balaban J connectivity index is 1.26. The summed E-state index contributed by atoms with van der Waals surface area (Å²) < 4.78 is 8.70. The van der Waals surface area contributed by atoms with E-state index >= 15 is 0 Å². The van der Waals surface area contributed by atoms with E-state index in [2.05, 4.69) is 179 Å². The Hall–Kier alpha value is -6.84. The molecule has 51 heavy (non-hydrogen) atoms. The van der Waals surface area contributed by atoms with Crippen molar-refractivity contribution in [2.24, 2.45) is 0 Å². The predicted octanol–water partition coefficient (Wildman–Crippen LogP) is 13.6. The summed E-state index contributed by atoms with van der Waals surface area (Å²) in [7, 11) is 0. The van der Waals surface area contributed by atoms with Crippen molar-refractivity contribution in [2.75, 3.05) is 4.90 Å². The van der Waals surface area contributed by atoms with Gasteiger partial charge < -0.3 is 13.9 Å². The molecule has 0 aliphatic carbocycles. The Morgan fingerprint density at radius 2 is 0.961 bits per heavy atom. The molecule has 0 aliphatic rings. The third-order valence-corrected chi connectivity index (χ3v) is 10.5. The van der Waals surface area contributed by atoms with Gasteiger partial charge in [-0.3, -0.25) is 0 Å². The maximum Gasteiger partial charge on any atom is 0.135 e. The largest absolute Gasteiger partial charge is 0.456 e. The zero-order valence-corrected chi connectivity index (χ0v) is 27.6. The number of para-hydroxylation sites is 3. The smallest absolute Gasteiger partial charge is 0.135 e. The number of hydrogen-bond acceptors (Lipinski definition) is 2. The SMILES string of the molecule is c1ccc(-n2c3ccccc3c3ccc(N(c4ccc5oc6ccccc6c5c4)c4cc5c6ccccc6ccc5c5ccccc45)cc32)cc1. The summed E-state index contributed by atoms with van der Waals surface area (Å²) in [5, 5.41) is 12.1. The molecule has 0 unspecified atom stereocenters. The third kappa shape index (κ3) is 4.19. The fourth-order valence-corrected chi connectivity index (χ4v) is 8.26. The first-order valence-corrected chi connectivity index (χ1v) is 17.4. The van der Waals surface area contributed by atoms with E-state index in [1.807, 2.05) is 12.1 Å². The Bertz CT molecular complexity index is 3150. The lowest BCUT2D eigenvalue weighted by atomic mass is 9.95. The first-order chi connectivity index (χ1) is 25.3. The molecule has 238 valence electrons. The van der Waals surface area contributed by atoms with Crippen LogP contribution in [-0.4, -0.2) is 4.57 Å². The number of aromatic nitrogens is 1. The van der Waals surface area contributed by atoms with Crippen LogP contribution in [-0.2, 0) is 0 Å². The summed E-state index contributed by atoms with van der Waals surface area (Å²) in [5.41, 5.74) is 8.55. The molecule has 0 saturated heterocycles. The highest BCUT2D eigenvalue weighted by atomic mass is 16.3. The second kappa shape index (κ2) is 10.8. The monoisotopic (exact) mass is 650 g/mol. The van der Waals surface area contributed by atoms with Gasteiger partial charge in [0.15, 0.2) is 0 Å². The lowest BCUT2D eigenvalue weighted by molar-refractivity contribution is 0.669. The molecule has 0 aliphatic heterocycles. The standard InChI is InChI=1S/C48H30N2O/c1-2-13-32(14-3-1)50-44-20-10-8-18-39(44)40-26-23-34(29-45(40)50)49(33-24-27-48-43(28-33)41-19-9-11-21-47(41)51-48)46-30-42-35-15-5-4-12-31(35)22-25-37(42)36-16-6-7-17-38(36)46/h1-30H. The highest BCUT2D eigenvalue weighted by Gasteiger charge is 2.21. The lowest BCUT2D eigenvalue weighted by Gasteiger charge is -2.28. The van der Waals surface area contributed by atoms with E-state index in [-0.39, 0.29) is 0 Å². The van der Waals surface area contributed by atoms with Crippen LogP contribution in [0.5, 0.6) is 0 Å². The maximum atomic E-state index is 6.31. The van der Waals surface area contributed by atoms with Crippen LogP contribution in [0.3, 0.4) is 0 Å². The zero-order chi connectivity index (χ0) is 33.5. The van der Waals surface area contributed by atoms with Gasteiger partial charge in [0.05, 0.1) is 16.7 Å². The molecule has 0 atom stereocenters. The van der Waals surface area contributed by atoms with Crippen LogP contribution < -0.4 is 4.90 Å². The van der Waals surface area contributed by atoms with Gasteiger partial charge in [0, 0.05) is 44.0 Å². The fourth-order valence-electron chi connectivity index (χ4n) is 8.26. The Morgan fingerprint density at radius 3 is 1.84 bits per heavy atom. The topological polar surface area (TPSA) is 21.3 Å². The molecule has 0 bridgehead atoms. The molecule has 2 heterocycles. The van der Waals surface area contributed by atoms with Gasteiger partial charge >= 0.3 is 0 Å². The molecule has 2 aromatic heterocycles. The fraction of sp³-hybridized carbons (Fsp3) is 0. The number of rotatable bonds is 4. The second-order valence-electron chi connectivity index (χ2n) is 13.3. The number of furan rings is 1. The van der Waals surface area contributed by atoms with E-state index in [0.717, 1.165) is 50.2 Å². The van der Waals surface area contributed by atoms with E-state index < -0.39 is 0 Å². The quantitative estimate of drug-likeness (QED) is 0.177. The van der Waals surface area contributed by atoms with Gasteiger partial charge in [0.2, 0.25) is 0 Å². The van der Waals surface area contributed by atoms with Gasteiger partial charge in [0.1, 0.15) is 11.2 Å². The molecule has 11 aromatic rings. The van der Waals surface area contributed by atoms with Crippen molar-refractivity contribution in [2.45, 2.75) is 0 Å². The molecule has 0 radical (unpaired) electrons. The van der Waals surface area contributed by atoms with Crippen LogP contribution in [0.25, 0.3) is 81.7 Å². The van der Waals surface area contributed by atoms with Crippen molar-refractivity contribution in [3.63, 3.8) is 0 Å². The molecule has 9 aromatic carbocycles. The lowest BCUT2D eigenvalue weighted by Crippen LogP contribution is -2.11. The predicted molar refractivity (Wildman–Crippen MR) is 215 cm³/mol. The van der Waals surface area contributed by atoms with Crippen molar-refractivity contribution in [3.8, 4) is 5.69 Å². The first kappa shape index (κ1) is 28.0. The van der Waals surface area contributed by atoms with Crippen molar-refractivity contribution in [1.82, 2.24) is 4.57 Å². The van der Waals surface area contributed by atoms with E-state index in [9.17, 15) is 0 Å². The molecule has 0 spiro atoms. The molecule has 0 N–H and O–H groups in total. The normalized spacial score (nSPS) is 11.9. The van der Waals surface area contributed by atoms with Gasteiger partial charge in [-0.15, -0.1) is 0 Å². The number of anilines is 3. The minimum Gasteiger partial charge on any atom is -0.456 e. The summed E-state index contributed by atoms with van der Waals surface area (Å²) in [4.78, 5) is 2.44. The van der Waals surface area contributed by atoms with Crippen molar-refractivity contribution < 1.29 is 4.42 Å². The first-order valence-electron chi connectivity index (χ1n) is 17.4. The summed E-state index contributed by atoms with van der Waals surface area (Å²) in [5.74, 6) is 0. The molecular weight excluding hydrogens is 621 g/mol. The van der Waals surface area contributed by atoms with Crippen molar-refractivity contribution in [1.29, 1.82) is 0 Å². The van der Waals surface area contributed by atoms with Gasteiger partial charge in [-0.25, -0.2) is 0 Å². The third-order valence-electron chi connectivity index (χ3n) is 10.5. The molecular formula is C48H30N2O. The number of benzene rings is 9. The summed E-state index contributed by atoms with van der Waals surface area (Å²) >= 11 is 0. The highest BCUT2D eigenvalue weighted by Crippen LogP contribution is 2.46. The van der Waals surface area contributed by atoms with E-state index in [1.54, 1.807) is 0 Å². The number of fused-ring (bicyclic) bond motifs is 11. The van der Waals surface area contributed by atoms with Crippen LogP contribution in [0.4, 0.5) is 17.1 Å². The Labute approximate surface area is 293 Å². The zero-order valence-electron chi connectivity index (χ0n) is 27.6. The van der Waals surface area contributed by atoms with Crippen molar-refractivity contribution in [3.05, 3.63) is 182 Å². The summed E-state index contributed by atoms with van der Waals surface area (Å²) in [6.45, 7) is 0. The molecule has 0 fully saturated rings. The number of hydrogen-bond donors (Lipinski definition) is 0. The minimum atomic E-state index is 0.883. The molecule has 3 heteroatoms. The molecule has 11 rings (SSSR count). The van der Waals surface area contributed by atoms with Gasteiger partial charge in [-0.1, -0.05) is 121 Å². The second-order valence-corrected chi connectivity index (χ2v) is 13.3. The van der Waals surface area contributed by atoms with E-state index in [4.69, 9.17) is 4.42 Å². The van der Waals surface area contributed by atoms with Gasteiger partial charge in [-0.05, 0) is 87.6 Å². The van der Waals surface area contributed by atoms with Gasteiger partial charge in [-0.2, -0.15) is 0 Å². The maximum absolute atomic E-state index is 6.31. The van der Waals surface area contributed by atoms with Crippen LogP contribution in [0, 0.1) is 0 Å². The average molecular weight is 651 g/mol. The Morgan fingerprint density at radius 1 is 0.353 bits per heavy atom. The van der Waals surface area contributed by atoms with E-state index in [0.29, 0.717) is 0 Å². The summed E-state index contributed by atoms with van der Waals surface area (Å²) in [6, 6.07) is 65.7. The summed E-state index contributed by atoms with van der Waals surface area (Å²) in [6.07, 6.45) is 0. The van der Waals surface area contributed by atoms with Crippen LogP contribution in [0.2, 0.25) is 0 Å². The van der Waals surface area contributed by atoms with Gasteiger partial charge in [0.25, 0.3) is 0 Å². The van der Waals surface area contributed by atoms with Crippen molar-refractivity contribution >= 4 is 93.1 Å². The minimum absolute atomic E-state index is 0.883. The Kier molecular flexibility index (Phi) is 5.96. The average Bonchev–Trinajstić information content (AvgIpc) is 3.73. The van der Waals surface area contributed by atoms with Crippen LogP contribution in [0.15, 0.2) is 186 Å². The highest BCUT2D eigenvalue weighted by molar-refractivity contribution is 6.22. The number of nitrogens with zero attached hydrogens (tertiary/aromatic N) is 2. The molecule has 3 nitrogen and oxygen atoms in total. The molecule has 0 saturated carbocycles.